The number of para-hydroxylation sites is 2. The zero-order valence-corrected chi connectivity index (χ0v) is 23.2. The Morgan fingerprint density at radius 2 is 1.21 bits per heavy atom. The predicted octanol–water partition coefficient (Wildman–Crippen LogP) is 7.21. The number of unbranched alkanes of at least 4 members (excludes halogenated alkanes) is 7. The van der Waals surface area contributed by atoms with E-state index in [0.29, 0.717) is 29.0 Å². The molecule has 0 aliphatic heterocycles. The number of anilines is 3. The molecule has 0 radical (unpaired) electrons. The van der Waals surface area contributed by atoms with Gasteiger partial charge in [-0.05, 0) is 70.0 Å². The van der Waals surface area contributed by atoms with Gasteiger partial charge in [-0.3, -0.25) is 19.7 Å². The Hall–Kier alpha value is -3.88. The molecule has 39 heavy (non-hydrogen) atoms. The van der Waals surface area contributed by atoms with Crippen molar-refractivity contribution in [3.8, 4) is 0 Å². The predicted molar refractivity (Wildman–Crippen MR) is 153 cm³/mol. The van der Waals surface area contributed by atoms with E-state index < -0.39 is 17.7 Å². The van der Waals surface area contributed by atoms with Gasteiger partial charge in [-0.25, -0.2) is 4.79 Å². The average Bonchev–Trinajstić information content (AvgIpc) is 2.85. The van der Waals surface area contributed by atoms with E-state index in [-0.39, 0.29) is 18.2 Å². The molecule has 0 saturated heterocycles. The molecule has 2 rings (SSSR count). The summed E-state index contributed by atoms with van der Waals surface area (Å²) in [6, 6.07) is 13.5. The highest BCUT2D eigenvalue weighted by atomic mass is 16.6. The second kappa shape index (κ2) is 16.2. The number of rotatable bonds is 15. The fourth-order valence-corrected chi connectivity index (χ4v) is 3.86. The highest BCUT2D eigenvalue weighted by Gasteiger charge is 2.18. The minimum Gasteiger partial charge on any atom is -0.481 e. The number of nitrogens with one attached hydrogen (secondary N) is 3. The van der Waals surface area contributed by atoms with Crippen LogP contribution in [0.25, 0.3) is 0 Å². The van der Waals surface area contributed by atoms with Crippen LogP contribution in [0.1, 0.15) is 95.3 Å². The minimum atomic E-state index is -0.734. The van der Waals surface area contributed by atoms with Gasteiger partial charge in [0.05, 0.1) is 11.4 Å². The van der Waals surface area contributed by atoms with E-state index >= 15 is 0 Å². The van der Waals surface area contributed by atoms with Crippen molar-refractivity contribution >= 4 is 40.9 Å². The molecule has 0 saturated carbocycles. The summed E-state index contributed by atoms with van der Waals surface area (Å²) >= 11 is 0. The molecule has 9 heteroatoms. The Kier molecular flexibility index (Phi) is 13.0. The van der Waals surface area contributed by atoms with Gasteiger partial charge >= 0.3 is 12.1 Å². The molecule has 0 aliphatic carbocycles. The van der Waals surface area contributed by atoms with Crippen molar-refractivity contribution in [1.29, 1.82) is 0 Å². The molecule has 0 aliphatic rings. The molecule has 0 bridgehead atoms. The molecule has 3 amide bonds. The Balaban J connectivity index is 1.72. The lowest BCUT2D eigenvalue weighted by Crippen LogP contribution is -2.27. The van der Waals surface area contributed by atoms with E-state index in [2.05, 4.69) is 16.0 Å². The zero-order valence-electron chi connectivity index (χ0n) is 23.2. The van der Waals surface area contributed by atoms with Crippen LogP contribution in [-0.2, 0) is 14.3 Å². The molecule has 4 N–H and O–H groups in total. The third kappa shape index (κ3) is 13.5. The lowest BCUT2D eigenvalue weighted by Gasteiger charge is -2.20. The summed E-state index contributed by atoms with van der Waals surface area (Å²) in [5.41, 5.74) is 1.22. The van der Waals surface area contributed by atoms with E-state index in [0.717, 1.165) is 51.4 Å². The Morgan fingerprint density at radius 1 is 0.692 bits per heavy atom. The highest BCUT2D eigenvalue weighted by Crippen LogP contribution is 2.23. The molecular weight excluding hydrogens is 498 g/mol. The smallest absolute Gasteiger partial charge is 0.412 e. The largest absolute Gasteiger partial charge is 0.481 e. The summed E-state index contributed by atoms with van der Waals surface area (Å²) < 4.78 is 5.28. The maximum Gasteiger partial charge on any atom is 0.412 e. The zero-order chi connectivity index (χ0) is 28.7. The van der Waals surface area contributed by atoms with Crippen molar-refractivity contribution < 1.29 is 29.0 Å². The second-order valence-electron chi connectivity index (χ2n) is 10.5. The molecule has 0 fully saturated rings. The quantitative estimate of drug-likeness (QED) is 0.177. The van der Waals surface area contributed by atoms with Gasteiger partial charge in [-0.15, -0.1) is 0 Å². The van der Waals surface area contributed by atoms with Gasteiger partial charge in [0.1, 0.15) is 5.60 Å². The number of hydrogen-bond acceptors (Lipinski definition) is 5. The number of carbonyl (C=O) groups excluding carboxylic acids is 3. The Bertz CT molecular complexity index is 1090. The summed E-state index contributed by atoms with van der Waals surface area (Å²) in [5.74, 6) is -1.15. The van der Waals surface area contributed by atoms with Crippen molar-refractivity contribution in [2.45, 2.75) is 90.6 Å². The maximum atomic E-state index is 12.8. The lowest BCUT2D eigenvalue weighted by molar-refractivity contribution is -0.137. The van der Waals surface area contributed by atoms with Crippen LogP contribution in [0.5, 0.6) is 0 Å². The molecule has 0 heterocycles. The van der Waals surface area contributed by atoms with Gasteiger partial charge in [0, 0.05) is 24.1 Å². The van der Waals surface area contributed by atoms with E-state index in [9.17, 15) is 19.2 Å². The number of carbonyl (C=O) groups is 4. The molecule has 0 atom stereocenters. The monoisotopic (exact) mass is 539 g/mol. The van der Waals surface area contributed by atoms with Gasteiger partial charge in [0.25, 0.3) is 5.91 Å². The highest BCUT2D eigenvalue weighted by molar-refractivity contribution is 6.07. The first-order chi connectivity index (χ1) is 18.5. The summed E-state index contributed by atoms with van der Waals surface area (Å²) in [6.45, 7) is 5.31. The normalized spacial score (nSPS) is 10.9. The molecule has 0 spiro atoms. The van der Waals surface area contributed by atoms with Crippen molar-refractivity contribution in [3.05, 3.63) is 54.1 Å². The van der Waals surface area contributed by atoms with E-state index in [4.69, 9.17) is 9.84 Å². The summed E-state index contributed by atoms with van der Waals surface area (Å²) in [7, 11) is 0. The van der Waals surface area contributed by atoms with Crippen molar-refractivity contribution in [1.82, 2.24) is 0 Å². The number of carboxylic acids is 1. The van der Waals surface area contributed by atoms with Crippen LogP contribution in [0.3, 0.4) is 0 Å². The number of benzene rings is 2. The third-order valence-corrected chi connectivity index (χ3v) is 5.79. The number of amides is 3. The van der Waals surface area contributed by atoms with Crippen LogP contribution in [0, 0.1) is 0 Å². The number of ether oxygens (including phenoxy) is 1. The van der Waals surface area contributed by atoms with Crippen LogP contribution in [0.15, 0.2) is 48.5 Å². The maximum absolute atomic E-state index is 12.8. The van der Waals surface area contributed by atoms with Crippen LogP contribution in [-0.4, -0.2) is 34.6 Å². The van der Waals surface area contributed by atoms with Gasteiger partial charge in [0.2, 0.25) is 5.91 Å². The Labute approximate surface area is 230 Å². The van der Waals surface area contributed by atoms with Crippen LogP contribution >= 0.6 is 0 Å². The number of aliphatic carboxylic acids is 1. The van der Waals surface area contributed by atoms with E-state index in [1.807, 2.05) is 0 Å². The van der Waals surface area contributed by atoms with Gasteiger partial charge < -0.3 is 20.5 Å². The summed E-state index contributed by atoms with van der Waals surface area (Å²) in [5, 5.41) is 16.9. The standard InChI is InChI=1S/C30H41N3O6/c1-30(2,3)39-29(38)33-25-15-13-12-14-24(25)32-28(37)22-18-20-23(21-19-22)31-26(34)16-10-8-6-4-5-7-9-11-17-27(35)36/h12-15,18-21H,4-11,16-17H2,1-3H3,(H,31,34)(H,32,37)(H,33,38)(H,35,36). The van der Waals surface area contributed by atoms with Crippen LogP contribution < -0.4 is 16.0 Å². The number of carboxylic acid groups (broad SMARTS) is 1. The first-order valence-corrected chi connectivity index (χ1v) is 13.6. The molecule has 9 nitrogen and oxygen atoms in total. The molecule has 0 aromatic heterocycles. The number of hydrogen-bond donors (Lipinski definition) is 4. The fraction of sp³-hybridized carbons (Fsp3) is 0.467. The molecular formula is C30H41N3O6. The molecule has 0 unspecified atom stereocenters. The van der Waals surface area contributed by atoms with Crippen LogP contribution in [0.2, 0.25) is 0 Å². The Morgan fingerprint density at radius 3 is 1.74 bits per heavy atom. The third-order valence-electron chi connectivity index (χ3n) is 5.79. The van der Waals surface area contributed by atoms with Crippen LogP contribution in [0.4, 0.5) is 21.9 Å². The first kappa shape index (κ1) is 31.3. The van der Waals surface area contributed by atoms with Crippen molar-refractivity contribution in [2.75, 3.05) is 16.0 Å². The van der Waals surface area contributed by atoms with E-state index in [1.165, 1.54) is 0 Å². The topological polar surface area (TPSA) is 134 Å². The van der Waals surface area contributed by atoms with Gasteiger partial charge in [-0.1, -0.05) is 50.7 Å². The van der Waals surface area contributed by atoms with Crippen molar-refractivity contribution in [3.63, 3.8) is 0 Å². The lowest BCUT2D eigenvalue weighted by atomic mass is 10.1. The summed E-state index contributed by atoms with van der Waals surface area (Å²) in [4.78, 5) is 47.7. The minimum absolute atomic E-state index is 0.0667. The fourth-order valence-electron chi connectivity index (χ4n) is 3.86. The SMILES string of the molecule is CC(C)(C)OC(=O)Nc1ccccc1NC(=O)c1ccc(NC(=O)CCCCCCCCCCC(=O)O)cc1. The van der Waals surface area contributed by atoms with Gasteiger partial charge in [0.15, 0.2) is 0 Å². The molecule has 2 aromatic rings. The van der Waals surface area contributed by atoms with E-state index in [1.54, 1.807) is 69.3 Å². The second-order valence-corrected chi connectivity index (χ2v) is 10.5. The summed E-state index contributed by atoms with van der Waals surface area (Å²) in [6.07, 6.45) is 7.84. The van der Waals surface area contributed by atoms with Gasteiger partial charge in [-0.2, -0.15) is 0 Å². The molecule has 212 valence electrons. The molecule has 2 aromatic carbocycles. The first-order valence-electron chi connectivity index (χ1n) is 13.6. The average molecular weight is 540 g/mol. The van der Waals surface area contributed by atoms with Crippen molar-refractivity contribution in [2.24, 2.45) is 0 Å².